The Kier molecular flexibility index (Phi) is 16.9. The molecule has 17 rings (SSSR count). The van der Waals surface area contributed by atoms with Crippen LogP contribution in [0.2, 0.25) is 5.28 Å². The van der Waals surface area contributed by atoms with Crippen LogP contribution < -0.4 is 5.46 Å². The van der Waals surface area contributed by atoms with Gasteiger partial charge in [-0.05, 0) is 135 Å². The molecule has 453 valence electrons. The summed E-state index contributed by atoms with van der Waals surface area (Å²) in [6, 6.07) is 95.6. The van der Waals surface area contributed by atoms with E-state index in [1.807, 2.05) is 60.9 Å². The van der Waals surface area contributed by atoms with Crippen LogP contribution in [0.15, 0.2) is 291 Å². The number of rotatable bonds is 8. The number of nitrogens with zero attached hydrogens (tertiary/aromatic N) is 8. The highest BCUT2D eigenvalue weighted by atomic mass is 35.5. The molecule has 1 aliphatic heterocycles. The number of hydrogen-bond donors (Lipinski definition) is 0. The minimum atomic E-state index is -0.329. The van der Waals surface area contributed by atoms with Crippen LogP contribution in [0.25, 0.3) is 144 Å². The molecule has 5 heterocycles. The van der Waals surface area contributed by atoms with Gasteiger partial charge in [-0.2, -0.15) is 9.97 Å². The first-order chi connectivity index (χ1) is 45.9. The molecule has 10 nitrogen and oxygen atoms in total. The second-order valence-electron chi connectivity index (χ2n) is 24.4. The number of fused-ring (bicyclic) bond motifs is 6. The summed E-state index contributed by atoms with van der Waals surface area (Å²) in [6.07, 6.45) is 3.68. The van der Waals surface area contributed by atoms with Crippen LogP contribution in [-0.2, 0) is 9.31 Å². The monoisotopic (exact) mass is 1250 g/mol. The Labute approximate surface area is 558 Å². The number of para-hydroxylation sites is 2. The van der Waals surface area contributed by atoms with Gasteiger partial charge >= 0.3 is 7.12 Å². The maximum absolute atomic E-state index is 6.22. The third-order valence-corrected chi connectivity index (χ3v) is 17.9. The topological polar surface area (TPSA) is 122 Å². The van der Waals surface area contributed by atoms with E-state index in [2.05, 4.69) is 283 Å². The first-order valence-corrected chi connectivity index (χ1v) is 31.7. The van der Waals surface area contributed by atoms with Gasteiger partial charge in [0.1, 0.15) is 0 Å². The van der Waals surface area contributed by atoms with Crippen molar-refractivity contribution in [3.63, 3.8) is 0 Å². The van der Waals surface area contributed by atoms with Crippen molar-refractivity contribution in [3.8, 4) is 79.2 Å². The van der Waals surface area contributed by atoms with Crippen molar-refractivity contribution in [1.29, 1.82) is 0 Å². The predicted molar refractivity (Wildman–Crippen MR) is 391 cm³/mol. The van der Waals surface area contributed by atoms with Crippen molar-refractivity contribution in [2.45, 2.75) is 38.9 Å². The number of halogens is 1. The Morgan fingerprint density at radius 1 is 0.284 bits per heavy atom. The summed E-state index contributed by atoms with van der Waals surface area (Å²) in [5.41, 5.74) is 11.6. The molecule has 0 bridgehead atoms. The first kappa shape index (κ1) is 61.4. The maximum atomic E-state index is 6.22. The molecule has 1 saturated heterocycles. The van der Waals surface area contributed by atoms with Crippen LogP contribution in [0.5, 0.6) is 0 Å². The molecule has 3 radical (unpaired) electrons. The summed E-state index contributed by atoms with van der Waals surface area (Å²) in [4.78, 5) is 37.5. The SMILES string of the molecule is CC1(C)OB(c2ccc(-c3cccc4cccnc34)cc2)OC1(C)C.Clc1nc(-c2ccc3ccccc3c2)nc(-c2ccc3ccccc3c2)n1.[B].c1ccc2cc(-c3nc(-c4ccc(-c5cccc6cccnc56)cc4)nc(-c4ccc5ccccc5c4)n3)ccc2c1. The fourth-order valence-electron chi connectivity index (χ4n) is 12.0. The normalized spacial score (nSPS) is 13.1. The van der Waals surface area contributed by atoms with Crippen molar-refractivity contribution in [3.05, 3.63) is 297 Å². The molecular weight excluding hydrogens is 1190 g/mol. The Hall–Kier alpha value is -11.1. The van der Waals surface area contributed by atoms with Crippen LogP contribution in [0.3, 0.4) is 0 Å². The Balaban J connectivity index is 0.000000128. The van der Waals surface area contributed by atoms with Gasteiger partial charge in [0.25, 0.3) is 0 Å². The van der Waals surface area contributed by atoms with Gasteiger partial charge in [-0.3, -0.25) is 9.97 Å². The zero-order valence-electron chi connectivity index (χ0n) is 52.6. The lowest BCUT2D eigenvalue weighted by Crippen LogP contribution is -2.41. The summed E-state index contributed by atoms with van der Waals surface area (Å²) in [7, 11) is -0.329. The molecule has 4 aromatic heterocycles. The molecule has 0 spiro atoms. The second kappa shape index (κ2) is 26.1. The highest BCUT2D eigenvalue weighted by Crippen LogP contribution is 2.38. The number of aromatic nitrogens is 8. The molecule has 12 aromatic carbocycles. The lowest BCUT2D eigenvalue weighted by molar-refractivity contribution is 0.00578. The summed E-state index contributed by atoms with van der Waals surface area (Å²) >= 11 is 6.22. The van der Waals surface area contributed by atoms with Crippen LogP contribution in [-0.4, -0.2) is 66.6 Å². The number of hydrogen-bond acceptors (Lipinski definition) is 10. The van der Waals surface area contributed by atoms with Gasteiger partial charge in [0, 0.05) is 70.5 Å². The number of benzene rings is 12. The summed E-state index contributed by atoms with van der Waals surface area (Å²) in [5, 5.41) is 11.8. The van der Waals surface area contributed by atoms with Gasteiger partial charge in [0.2, 0.25) is 5.28 Å². The Morgan fingerprint density at radius 2 is 0.568 bits per heavy atom. The summed E-state index contributed by atoms with van der Waals surface area (Å²) in [5.74, 6) is 3.08. The molecule has 95 heavy (non-hydrogen) atoms. The van der Waals surface area contributed by atoms with Crippen molar-refractivity contribution in [1.82, 2.24) is 39.9 Å². The molecule has 1 aliphatic rings. The average molecular weight is 1250 g/mol. The van der Waals surface area contributed by atoms with Gasteiger partial charge in [0.15, 0.2) is 29.1 Å². The first-order valence-electron chi connectivity index (χ1n) is 31.3. The quantitative estimate of drug-likeness (QED) is 0.136. The van der Waals surface area contributed by atoms with E-state index in [0.29, 0.717) is 29.1 Å². The minimum Gasteiger partial charge on any atom is -0.399 e. The maximum Gasteiger partial charge on any atom is 0.494 e. The van der Waals surface area contributed by atoms with E-state index >= 15 is 0 Å². The van der Waals surface area contributed by atoms with Gasteiger partial charge < -0.3 is 9.31 Å². The lowest BCUT2D eigenvalue weighted by Gasteiger charge is -2.32. The fraction of sp³-hybridized carbons (Fsp3) is 0.0732. The zero-order valence-corrected chi connectivity index (χ0v) is 53.4. The third-order valence-electron chi connectivity index (χ3n) is 17.7. The molecule has 0 N–H and O–H groups in total. The van der Waals surface area contributed by atoms with E-state index in [0.717, 1.165) is 98.9 Å². The standard InChI is InChI=1S/C38H24N4.C23H14ClN3.C21H22BNO2.B/c1-3-9-30-23-32(20-14-25(30)7-1)37-40-36(41-38(42-37)33-21-15-26-8-2-4-10-31(26)24-33)29-18-16-27(17-19-29)34-13-5-11-28-12-6-22-39-35(28)34;24-23-26-21(19-11-9-15-5-1-3-7-17(15)13-19)25-22(27-23)20-12-10-16-6-2-4-8-18(16)14-20;1-20(2)21(3,4)25-22(24-20)17-12-10-15(11-13-17)18-9-5-7-16-8-6-14-23-19(16)18;/h1-24H;1-14H;5-14H,1-4H3;. The molecule has 13 heteroatoms. The van der Waals surface area contributed by atoms with E-state index in [-0.39, 0.29) is 32.0 Å². The number of pyridine rings is 2. The third kappa shape index (κ3) is 12.8. The van der Waals surface area contributed by atoms with E-state index in [4.69, 9.17) is 35.9 Å². The van der Waals surface area contributed by atoms with E-state index in [9.17, 15) is 0 Å². The molecule has 0 amide bonds. The van der Waals surface area contributed by atoms with Crippen LogP contribution in [0.1, 0.15) is 27.7 Å². The van der Waals surface area contributed by atoms with Gasteiger partial charge in [-0.15, -0.1) is 0 Å². The molecule has 0 saturated carbocycles. The minimum absolute atomic E-state index is 0. The molecule has 16 aromatic rings. The van der Waals surface area contributed by atoms with Crippen LogP contribution in [0, 0.1) is 0 Å². The summed E-state index contributed by atoms with van der Waals surface area (Å²) in [6.45, 7) is 8.29. The van der Waals surface area contributed by atoms with Gasteiger partial charge in [-0.25, -0.2) is 19.9 Å². The molecule has 0 atom stereocenters. The highest BCUT2D eigenvalue weighted by Gasteiger charge is 2.51. The summed E-state index contributed by atoms with van der Waals surface area (Å²) < 4.78 is 12.3. The lowest BCUT2D eigenvalue weighted by atomic mass is 9.78. The van der Waals surface area contributed by atoms with Crippen LogP contribution >= 0.6 is 11.6 Å². The molecule has 0 unspecified atom stereocenters. The molecular formula is C82H60B2ClN8O2. The van der Waals surface area contributed by atoms with E-state index < -0.39 is 0 Å². The zero-order chi connectivity index (χ0) is 63.8. The van der Waals surface area contributed by atoms with Crippen LogP contribution in [0.4, 0.5) is 0 Å². The smallest absolute Gasteiger partial charge is 0.399 e. The highest BCUT2D eigenvalue weighted by molar-refractivity contribution is 6.62. The largest absolute Gasteiger partial charge is 0.494 e. The van der Waals surface area contributed by atoms with Crippen molar-refractivity contribution < 1.29 is 9.31 Å². The molecule has 0 aliphatic carbocycles. The van der Waals surface area contributed by atoms with E-state index in [1.54, 1.807) is 0 Å². The van der Waals surface area contributed by atoms with E-state index in [1.165, 1.54) is 21.5 Å². The van der Waals surface area contributed by atoms with Crippen molar-refractivity contribution in [2.75, 3.05) is 0 Å². The average Bonchev–Trinajstić information content (AvgIpc) is 1.73. The Morgan fingerprint density at radius 3 is 0.937 bits per heavy atom. The van der Waals surface area contributed by atoms with Gasteiger partial charge in [0.05, 0.1) is 22.2 Å². The molecule has 1 fully saturated rings. The Bertz CT molecular complexity index is 5300. The van der Waals surface area contributed by atoms with Gasteiger partial charge in [-0.1, -0.05) is 243 Å². The second-order valence-corrected chi connectivity index (χ2v) is 24.7. The fourth-order valence-corrected chi connectivity index (χ4v) is 12.1. The van der Waals surface area contributed by atoms with Crippen molar-refractivity contribution >= 4 is 97.5 Å². The van der Waals surface area contributed by atoms with Crippen molar-refractivity contribution in [2.24, 2.45) is 0 Å². The predicted octanol–water partition coefficient (Wildman–Crippen LogP) is 19.4.